The van der Waals surface area contributed by atoms with E-state index < -0.39 is 7.75 Å². The average Bonchev–Trinajstić information content (AvgIpc) is 3.29. The molecule has 0 bridgehead atoms. The molecule has 0 atom stereocenters. The molecule has 12 heteroatoms. The van der Waals surface area contributed by atoms with Crippen LogP contribution in [0, 0.1) is 0 Å². The Morgan fingerprint density at radius 1 is 0.816 bits per heavy atom. The molecule has 0 radical (unpaired) electrons. The molecule has 3 aromatic carbocycles. The summed E-state index contributed by atoms with van der Waals surface area (Å²) in [5, 5.41) is 2.87. The van der Waals surface area contributed by atoms with Crippen molar-refractivity contribution in [2.75, 3.05) is 40.6 Å². The quantitative estimate of drug-likeness (QED) is 0.173. The lowest BCUT2D eigenvalue weighted by molar-refractivity contribution is 0.104. The van der Waals surface area contributed by atoms with Crippen LogP contribution < -0.4 is 28.8 Å². The van der Waals surface area contributed by atoms with Crippen molar-refractivity contribution in [2.45, 2.75) is 0 Å². The fraction of sp³-hybridized carbons (Fsp3) is 0.192. The van der Waals surface area contributed by atoms with Gasteiger partial charge in [0, 0.05) is 26.1 Å². The number of benzene rings is 3. The molecule has 0 aliphatic carbocycles. The van der Waals surface area contributed by atoms with Gasteiger partial charge in [0.1, 0.15) is 11.5 Å². The Bertz CT molecular complexity index is 1540. The summed E-state index contributed by atoms with van der Waals surface area (Å²) >= 11 is 1.35. The van der Waals surface area contributed by atoms with Crippen LogP contribution in [0.25, 0.3) is 20.5 Å². The number of ether oxygens (including phenoxy) is 5. The number of anilines is 1. The van der Waals surface area contributed by atoms with E-state index in [0.29, 0.717) is 50.0 Å². The molecular formula is C26H26NO9PS. The van der Waals surface area contributed by atoms with Crippen molar-refractivity contribution in [3.05, 3.63) is 59.7 Å². The van der Waals surface area contributed by atoms with Crippen LogP contribution in [0.4, 0.5) is 5.69 Å². The van der Waals surface area contributed by atoms with Gasteiger partial charge in [0.15, 0.2) is 17.3 Å². The monoisotopic (exact) mass is 559 g/mol. The van der Waals surface area contributed by atoms with Gasteiger partial charge >= 0.3 is 7.75 Å². The number of fused-ring (bicyclic) bond motifs is 1. The summed E-state index contributed by atoms with van der Waals surface area (Å²) in [6.45, 7) is 0. The van der Waals surface area contributed by atoms with Gasteiger partial charge in [-0.3, -0.25) is 9.88 Å². The van der Waals surface area contributed by atoms with Crippen molar-refractivity contribution in [3.63, 3.8) is 0 Å². The molecule has 0 saturated carbocycles. The number of thiophene rings is 1. The fourth-order valence-corrected chi connectivity index (χ4v) is 5.80. The maximum atomic E-state index is 14.1. The summed E-state index contributed by atoms with van der Waals surface area (Å²) in [6, 6.07) is 13.4. The molecule has 4 rings (SSSR count). The molecule has 4 aromatic rings. The topological polar surface area (TPSA) is 133 Å². The summed E-state index contributed by atoms with van der Waals surface area (Å²) in [6.07, 6.45) is 0. The Labute approximate surface area is 222 Å². The van der Waals surface area contributed by atoms with Gasteiger partial charge in [0.2, 0.25) is 5.75 Å². The predicted molar refractivity (Wildman–Crippen MR) is 146 cm³/mol. The first-order valence-electron chi connectivity index (χ1n) is 11.1. The van der Waals surface area contributed by atoms with Crippen molar-refractivity contribution >= 4 is 40.6 Å². The lowest BCUT2D eigenvalue weighted by Gasteiger charge is -2.15. The summed E-state index contributed by atoms with van der Waals surface area (Å²) in [5.74, 6) is 1.56. The molecule has 0 unspecified atom stereocenters. The zero-order valence-corrected chi connectivity index (χ0v) is 22.9. The standard InChI is InChI=1S/C26H26NO9PS/c1-32-16-7-8-17-22(13-16)38-26(14-6-9-19(33-2)18(10-14)27-37(29,30)31)23(17)24(28)15-11-20(34-3)25(36-5)21(12-15)35-4/h6-13H,1-5H3,(H3,27,29,30,31). The van der Waals surface area contributed by atoms with Crippen molar-refractivity contribution < 1.29 is 42.8 Å². The third-order valence-corrected chi connectivity index (χ3v) is 7.51. The number of hydrogen-bond acceptors (Lipinski definition) is 8. The van der Waals surface area contributed by atoms with Gasteiger partial charge in [0.25, 0.3) is 0 Å². The molecule has 200 valence electrons. The van der Waals surface area contributed by atoms with E-state index in [1.165, 1.54) is 45.8 Å². The Morgan fingerprint density at radius 3 is 2.03 bits per heavy atom. The van der Waals surface area contributed by atoms with E-state index in [0.717, 1.165) is 4.70 Å². The van der Waals surface area contributed by atoms with E-state index in [2.05, 4.69) is 5.09 Å². The molecule has 38 heavy (non-hydrogen) atoms. The second-order valence-electron chi connectivity index (χ2n) is 7.98. The van der Waals surface area contributed by atoms with Crippen molar-refractivity contribution in [2.24, 2.45) is 0 Å². The van der Waals surface area contributed by atoms with Crippen LogP contribution in [0.5, 0.6) is 28.7 Å². The molecule has 1 heterocycles. The Hall–Kier alpha value is -3.76. The first-order chi connectivity index (χ1) is 18.1. The van der Waals surface area contributed by atoms with Crippen LogP contribution in [0.2, 0.25) is 0 Å². The normalized spacial score (nSPS) is 11.2. The summed E-state index contributed by atoms with van der Waals surface area (Å²) in [4.78, 5) is 33.7. The second-order valence-corrected chi connectivity index (χ2v) is 10.3. The van der Waals surface area contributed by atoms with Gasteiger partial charge in [-0.25, -0.2) is 4.57 Å². The molecule has 10 nitrogen and oxygen atoms in total. The predicted octanol–water partition coefficient (Wildman–Crippen LogP) is 5.35. The van der Waals surface area contributed by atoms with Crippen LogP contribution in [0.15, 0.2) is 48.5 Å². The van der Waals surface area contributed by atoms with E-state index in [1.807, 2.05) is 6.07 Å². The highest BCUT2D eigenvalue weighted by atomic mass is 32.1. The third kappa shape index (κ3) is 5.27. The molecule has 0 spiro atoms. The highest BCUT2D eigenvalue weighted by Gasteiger charge is 2.26. The molecule has 0 fully saturated rings. The molecule has 0 aliphatic heterocycles. The Morgan fingerprint density at radius 2 is 1.47 bits per heavy atom. The zero-order valence-electron chi connectivity index (χ0n) is 21.2. The number of carbonyl (C=O) groups is 1. The minimum Gasteiger partial charge on any atom is -0.497 e. The van der Waals surface area contributed by atoms with Gasteiger partial charge in [-0.1, -0.05) is 0 Å². The number of ketones is 1. The SMILES string of the molecule is COc1ccc2c(C(=O)c3cc(OC)c(OC)c(OC)c3)c(-c3ccc(OC)c(NP(=O)(O)O)c3)sc2c1. The van der Waals surface area contributed by atoms with Crippen LogP contribution in [0.3, 0.4) is 0 Å². The Kier molecular flexibility index (Phi) is 7.84. The minimum atomic E-state index is -4.63. The van der Waals surface area contributed by atoms with Crippen LogP contribution >= 0.6 is 19.1 Å². The van der Waals surface area contributed by atoms with Crippen LogP contribution in [-0.2, 0) is 4.57 Å². The van der Waals surface area contributed by atoms with Crippen molar-refractivity contribution in [1.82, 2.24) is 0 Å². The first-order valence-corrected chi connectivity index (χ1v) is 13.5. The molecule has 3 N–H and O–H groups in total. The van der Waals surface area contributed by atoms with E-state index in [9.17, 15) is 19.1 Å². The average molecular weight is 560 g/mol. The van der Waals surface area contributed by atoms with Crippen LogP contribution in [0.1, 0.15) is 15.9 Å². The van der Waals surface area contributed by atoms with E-state index >= 15 is 0 Å². The molecule has 1 aromatic heterocycles. The number of rotatable bonds is 10. The molecule has 0 amide bonds. The largest absolute Gasteiger partial charge is 0.497 e. The minimum absolute atomic E-state index is 0.0829. The van der Waals surface area contributed by atoms with Gasteiger partial charge in [-0.15, -0.1) is 11.3 Å². The van der Waals surface area contributed by atoms with E-state index in [4.69, 9.17) is 23.7 Å². The van der Waals surface area contributed by atoms with Crippen LogP contribution in [-0.4, -0.2) is 51.1 Å². The zero-order chi connectivity index (χ0) is 27.6. The highest BCUT2D eigenvalue weighted by Crippen LogP contribution is 2.46. The maximum absolute atomic E-state index is 14.1. The molecule has 0 saturated heterocycles. The summed E-state index contributed by atoms with van der Waals surface area (Å²) in [5.41, 5.74) is 1.34. The summed E-state index contributed by atoms with van der Waals surface area (Å²) < 4.78 is 39.4. The van der Waals surface area contributed by atoms with Crippen molar-refractivity contribution in [1.29, 1.82) is 0 Å². The van der Waals surface area contributed by atoms with Gasteiger partial charge in [-0.2, -0.15) is 0 Å². The van der Waals surface area contributed by atoms with E-state index in [-0.39, 0.29) is 17.2 Å². The maximum Gasteiger partial charge on any atom is 0.427 e. The van der Waals surface area contributed by atoms with Gasteiger partial charge in [0.05, 0.1) is 41.2 Å². The van der Waals surface area contributed by atoms with Crippen molar-refractivity contribution in [3.8, 4) is 39.2 Å². The van der Waals surface area contributed by atoms with Gasteiger partial charge in [-0.05, 0) is 54.1 Å². The Balaban J connectivity index is 1.97. The number of hydrogen-bond donors (Lipinski definition) is 3. The number of carbonyl (C=O) groups excluding carboxylic acids is 1. The number of methoxy groups -OCH3 is 5. The molecule has 0 aliphatic rings. The summed E-state index contributed by atoms with van der Waals surface area (Å²) in [7, 11) is 2.73. The van der Waals surface area contributed by atoms with E-state index in [1.54, 1.807) is 43.5 Å². The molecular weight excluding hydrogens is 533 g/mol. The number of nitrogens with one attached hydrogen (secondary N) is 1. The van der Waals surface area contributed by atoms with Gasteiger partial charge < -0.3 is 33.5 Å². The lowest BCUT2D eigenvalue weighted by atomic mass is 9.96. The first kappa shape index (κ1) is 27.3. The third-order valence-electron chi connectivity index (χ3n) is 5.78. The smallest absolute Gasteiger partial charge is 0.427 e. The lowest BCUT2D eigenvalue weighted by Crippen LogP contribution is -2.05. The fourth-order valence-electron chi connectivity index (χ4n) is 4.08. The highest BCUT2D eigenvalue weighted by molar-refractivity contribution is 7.53. The second kappa shape index (κ2) is 10.9.